The van der Waals surface area contributed by atoms with Crippen LogP contribution in [-0.2, 0) is 13.0 Å². The van der Waals surface area contributed by atoms with Crippen LogP contribution in [0.5, 0.6) is 5.75 Å². The van der Waals surface area contributed by atoms with Gasteiger partial charge in [0.15, 0.2) is 11.6 Å². The molecule has 2 aromatic carbocycles. The van der Waals surface area contributed by atoms with Crippen LogP contribution in [-0.4, -0.2) is 70.3 Å². The minimum Gasteiger partial charge on any atom is -0.485 e. The van der Waals surface area contributed by atoms with Crippen LogP contribution in [0, 0.1) is 0 Å². The number of hydrogen-bond donors (Lipinski definition) is 2. The first-order valence-electron chi connectivity index (χ1n) is 15.8. The SMILES string of the molecule is Nc1ncc(-c2ccc(C(=O)N3CCC(N4CCCC4)CC3)cc2)cc1OCc1cccc(C(=O)NCCc2ccccn2)c1. The molecule has 0 spiro atoms. The fourth-order valence-corrected chi connectivity index (χ4v) is 6.17. The van der Waals surface area contributed by atoms with Crippen molar-refractivity contribution in [2.24, 2.45) is 0 Å². The van der Waals surface area contributed by atoms with Gasteiger partial charge in [-0.1, -0.05) is 30.3 Å². The van der Waals surface area contributed by atoms with E-state index < -0.39 is 0 Å². The van der Waals surface area contributed by atoms with E-state index in [1.54, 1.807) is 18.5 Å². The molecule has 6 rings (SSSR count). The molecule has 232 valence electrons. The van der Waals surface area contributed by atoms with Gasteiger partial charge in [0.2, 0.25) is 0 Å². The van der Waals surface area contributed by atoms with Crippen molar-refractivity contribution in [1.82, 2.24) is 25.1 Å². The van der Waals surface area contributed by atoms with Crippen LogP contribution < -0.4 is 15.8 Å². The maximum absolute atomic E-state index is 13.2. The van der Waals surface area contributed by atoms with E-state index in [0.717, 1.165) is 48.3 Å². The second kappa shape index (κ2) is 14.3. The summed E-state index contributed by atoms with van der Waals surface area (Å²) in [6, 6.07) is 23.2. The third-order valence-electron chi connectivity index (χ3n) is 8.73. The Morgan fingerprint density at radius 3 is 2.42 bits per heavy atom. The number of nitrogens with zero attached hydrogens (tertiary/aromatic N) is 4. The van der Waals surface area contributed by atoms with Gasteiger partial charge in [0.05, 0.1) is 0 Å². The molecule has 0 aliphatic carbocycles. The molecule has 0 unspecified atom stereocenters. The monoisotopic (exact) mass is 604 g/mol. The third-order valence-corrected chi connectivity index (χ3v) is 8.73. The Morgan fingerprint density at radius 1 is 0.867 bits per heavy atom. The molecular formula is C36H40N6O3. The molecule has 0 bridgehead atoms. The lowest BCUT2D eigenvalue weighted by Crippen LogP contribution is -2.45. The summed E-state index contributed by atoms with van der Waals surface area (Å²) in [5.41, 5.74) is 10.9. The highest BCUT2D eigenvalue weighted by atomic mass is 16.5. The molecule has 9 nitrogen and oxygen atoms in total. The summed E-state index contributed by atoms with van der Waals surface area (Å²) in [5.74, 6) is 0.680. The Balaban J connectivity index is 1.03. The fourth-order valence-electron chi connectivity index (χ4n) is 6.17. The number of nitrogens with one attached hydrogen (secondary N) is 1. The minimum atomic E-state index is -0.149. The zero-order valence-electron chi connectivity index (χ0n) is 25.5. The lowest BCUT2D eigenvalue weighted by molar-refractivity contribution is 0.0644. The van der Waals surface area contributed by atoms with Gasteiger partial charge >= 0.3 is 0 Å². The van der Waals surface area contributed by atoms with Crippen LogP contribution in [0.2, 0.25) is 0 Å². The van der Waals surface area contributed by atoms with Gasteiger partial charge in [-0.15, -0.1) is 0 Å². The zero-order valence-corrected chi connectivity index (χ0v) is 25.5. The maximum atomic E-state index is 13.2. The number of benzene rings is 2. The molecule has 3 N–H and O–H groups in total. The Kier molecular flexibility index (Phi) is 9.65. The van der Waals surface area contributed by atoms with E-state index in [1.807, 2.05) is 71.6 Å². The highest BCUT2D eigenvalue weighted by Gasteiger charge is 2.28. The number of nitrogens with two attached hydrogens (primary N) is 1. The van der Waals surface area contributed by atoms with E-state index >= 15 is 0 Å². The molecule has 2 aliphatic rings. The Bertz CT molecular complexity index is 1600. The van der Waals surface area contributed by atoms with Crippen LogP contribution in [0.3, 0.4) is 0 Å². The summed E-state index contributed by atoms with van der Waals surface area (Å²) in [5, 5.41) is 2.95. The van der Waals surface area contributed by atoms with E-state index in [9.17, 15) is 9.59 Å². The lowest BCUT2D eigenvalue weighted by Gasteiger charge is -2.36. The van der Waals surface area contributed by atoms with E-state index in [2.05, 4.69) is 20.2 Å². The number of amides is 2. The number of carbonyl (C=O) groups excluding carboxylic acids is 2. The predicted octanol–water partition coefficient (Wildman–Crippen LogP) is 4.98. The molecule has 0 radical (unpaired) electrons. The summed E-state index contributed by atoms with van der Waals surface area (Å²) in [6.07, 6.45) is 8.81. The highest BCUT2D eigenvalue weighted by molar-refractivity contribution is 5.95. The molecule has 45 heavy (non-hydrogen) atoms. The number of hydrogen-bond acceptors (Lipinski definition) is 7. The molecule has 2 saturated heterocycles. The number of ether oxygens (including phenoxy) is 1. The van der Waals surface area contributed by atoms with E-state index in [1.165, 1.54) is 25.9 Å². The predicted molar refractivity (Wildman–Crippen MR) is 175 cm³/mol. The molecule has 0 saturated carbocycles. The van der Waals surface area contributed by atoms with Gasteiger partial charge in [0, 0.05) is 66.9 Å². The Labute approximate surface area is 264 Å². The maximum Gasteiger partial charge on any atom is 0.253 e. The largest absolute Gasteiger partial charge is 0.485 e. The first-order chi connectivity index (χ1) is 22.0. The Hall–Kier alpha value is -4.76. The molecule has 2 aliphatic heterocycles. The second-order valence-corrected chi connectivity index (χ2v) is 11.8. The summed E-state index contributed by atoms with van der Waals surface area (Å²) in [6.45, 7) is 4.75. The standard InChI is InChI=1S/C36H40N6O3/c37-34-33(45-25-26-6-5-7-29(22-26)35(43)39-17-13-31-8-1-2-16-38-31)23-30(24-40-34)27-9-11-28(12-10-27)36(44)42-20-14-32(15-21-42)41-18-3-4-19-41/h1-2,5-12,16,22-24,32H,3-4,13-15,17-21,25H2,(H2,37,40)(H,39,43). The number of likely N-dealkylation sites (tertiary alicyclic amines) is 2. The number of nitrogen functional groups attached to an aromatic ring is 1. The van der Waals surface area contributed by atoms with Crippen molar-refractivity contribution >= 4 is 17.6 Å². The van der Waals surface area contributed by atoms with Crippen LogP contribution >= 0.6 is 0 Å². The first-order valence-corrected chi connectivity index (χ1v) is 15.8. The van der Waals surface area contributed by atoms with Crippen molar-refractivity contribution in [2.75, 3.05) is 38.5 Å². The molecule has 2 aromatic heterocycles. The normalized spacial score (nSPS) is 15.6. The number of rotatable bonds is 10. The van der Waals surface area contributed by atoms with Gasteiger partial charge in [-0.2, -0.15) is 0 Å². The quantitative estimate of drug-likeness (QED) is 0.263. The van der Waals surface area contributed by atoms with Crippen LogP contribution in [0.25, 0.3) is 11.1 Å². The average molecular weight is 605 g/mol. The summed E-state index contributed by atoms with van der Waals surface area (Å²) in [4.78, 5) is 39.1. The number of carbonyl (C=O) groups is 2. The zero-order chi connectivity index (χ0) is 31.0. The van der Waals surface area contributed by atoms with Crippen molar-refractivity contribution in [3.05, 3.63) is 108 Å². The number of piperidine rings is 1. The van der Waals surface area contributed by atoms with E-state index in [4.69, 9.17) is 10.5 Å². The van der Waals surface area contributed by atoms with Crippen molar-refractivity contribution in [3.8, 4) is 16.9 Å². The Morgan fingerprint density at radius 2 is 1.67 bits per heavy atom. The van der Waals surface area contributed by atoms with Crippen LogP contribution in [0.15, 0.2) is 85.2 Å². The number of pyridine rings is 2. The molecule has 2 amide bonds. The first kappa shape index (κ1) is 30.3. The molecule has 4 aromatic rings. The van der Waals surface area contributed by atoms with Gasteiger partial charge in [-0.25, -0.2) is 4.98 Å². The van der Waals surface area contributed by atoms with Crippen molar-refractivity contribution in [2.45, 2.75) is 44.8 Å². The van der Waals surface area contributed by atoms with Crippen molar-refractivity contribution in [1.29, 1.82) is 0 Å². The van der Waals surface area contributed by atoms with Crippen LogP contribution in [0.1, 0.15) is 57.7 Å². The number of aromatic nitrogens is 2. The van der Waals surface area contributed by atoms with Gasteiger partial charge < -0.3 is 25.6 Å². The van der Waals surface area contributed by atoms with Crippen molar-refractivity contribution in [3.63, 3.8) is 0 Å². The van der Waals surface area contributed by atoms with E-state index in [-0.39, 0.29) is 24.2 Å². The second-order valence-electron chi connectivity index (χ2n) is 11.8. The molecule has 4 heterocycles. The summed E-state index contributed by atoms with van der Waals surface area (Å²) >= 11 is 0. The summed E-state index contributed by atoms with van der Waals surface area (Å²) < 4.78 is 6.05. The van der Waals surface area contributed by atoms with E-state index in [0.29, 0.717) is 35.9 Å². The third kappa shape index (κ3) is 7.67. The lowest BCUT2D eigenvalue weighted by atomic mass is 10.0. The molecule has 9 heteroatoms. The highest BCUT2D eigenvalue weighted by Crippen LogP contribution is 2.29. The minimum absolute atomic E-state index is 0.0880. The van der Waals surface area contributed by atoms with Gasteiger partial charge in [0.25, 0.3) is 11.8 Å². The van der Waals surface area contributed by atoms with Gasteiger partial charge in [-0.05, 0) is 92.4 Å². The topological polar surface area (TPSA) is 114 Å². The molecule has 0 atom stereocenters. The average Bonchev–Trinajstić information content (AvgIpc) is 3.64. The fraction of sp³-hybridized carbons (Fsp3) is 0.333. The van der Waals surface area contributed by atoms with Crippen LogP contribution in [0.4, 0.5) is 5.82 Å². The summed E-state index contributed by atoms with van der Waals surface area (Å²) in [7, 11) is 0. The smallest absolute Gasteiger partial charge is 0.253 e. The molecular weight excluding hydrogens is 564 g/mol. The van der Waals surface area contributed by atoms with Gasteiger partial charge in [0.1, 0.15) is 6.61 Å². The van der Waals surface area contributed by atoms with Crippen molar-refractivity contribution < 1.29 is 14.3 Å². The molecule has 2 fully saturated rings. The van der Waals surface area contributed by atoms with Gasteiger partial charge in [-0.3, -0.25) is 14.6 Å². The number of anilines is 1.